The Hall–Kier alpha value is -2.19. The molecule has 1 saturated heterocycles. The molecule has 1 heterocycles. The predicted molar refractivity (Wildman–Crippen MR) is 105 cm³/mol. The summed E-state index contributed by atoms with van der Waals surface area (Å²) in [4.78, 5) is 14.2. The van der Waals surface area contributed by atoms with E-state index >= 15 is 0 Å². The van der Waals surface area contributed by atoms with Crippen molar-refractivity contribution < 1.29 is 13.2 Å². The number of nitrogens with one attached hydrogen (secondary N) is 1. The van der Waals surface area contributed by atoms with Crippen LogP contribution < -0.4 is 5.32 Å². The summed E-state index contributed by atoms with van der Waals surface area (Å²) < 4.78 is 29.6. The van der Waals surface area contributed by atoms with Crippen molar-refractivity contribution in [2.45, 2.75) is 17.7 Å². The normalized spacial score (nSPS) is 16.1. The van der Waals surface area contributed by atoms with Crippen LogP contribution in [0.5, 0.6) is 0 Å². The molecule has 2 aromatic rings. The Morgan fingerprint density at radius 2 is 1.92 bits per heavy atom. The third-order valence-electron chi connectivity index (χ3n) is 4.06. The highest BCUT2D eigenvalue weighted by atomic mass is 79.9. The molecule has 0 radical (unpaired) electrons. The molecule has 0 unspecified atom stereocenters. The quantitative estimate of drug-likeness (QED) is 0.796. The predicted octanol–water partition coefficient (Wildman–Crippen LogP) is 3.51. The maximum Gasteiger partial charge on any atom is 0.283 e. The van der Waals surface area contributed by atoms with Crippen molar-refractivity contribution >= 4 is 43.4 Å². The van der Waals surface area contributed by atoms with Gasteiger partial charge in [0.1, 0.15) is 5.84 Å². The molecule has 8 heteroatoms. The molecule has 0 saturated carbocycles. The van der Waals surface area contributed by atoms with Crippen molar-refractivity contribution in [2.75, 3.05) is 18.9 Å². The zero-order chi connectivity index (χ0) is 18.7. The number of rotatable bonds is 4. The number of amidine groups is 1. The van der Waals surface area contributed by atoms with Gasteiger partial charge < -0.3 is 10.2 Å². The molecular weight excluding hydrogens is 418 g/mol. The van der Waals surface area contributed by atoms with Crippen molar-refractivity contribution in [3.8, 4) is 0 Å². The topological polar surface area (TPSA) is 78.8 Å². The second-order valence-corrected chi connectivity index (χ2v) is 8.52. The molecule has 3 rings (SSSR count). The van der Waals surface area contributed by atoms with Gasteiger partial charge in [-0.2, -0.15) is 8.42 Å². The Morgan fingerprint density at radius 3 is 2.54 bits per heavy atom. The fraction of sp³-hybridized carbons (Fsp3) is 0.222. The van der Waals surface area contributed by atoms with Crippen molar-refractivity contribution in [1.29, 1.82) is 0 Å². The summed E-state index contributed by atoms with van der Waals surface area (Å²) >= 11 is 3.32. The van der Waals surface area contributed by atoms with Crippen LogP contribution in [0.4, 0.5) is 5.69 Å². The Morgan fingerprint density at radius 1 is 1.19 bits per heavy atom. The summed E-state index contributed by atoms with van der Waals surface area (Å²) in [6, 6.07) is 13.0. The van der Waals surface area contributed by atoms with Gasteiger partial charge in [-0.15, -0.1) is 4.40 Å². The van der Waals surface area contributed by atoms with Crippen LogP contribution in [0, 0.1) is 0 Å². The zero-order valence-electron chi connectivity index (χ0n) is 14.1. The van der Waals surface area contributed by atoms with E-state index in [4.69, 9.17) is 0 Å². The lowest BCUT2D eigenvalue weighted by atomic mass is 10.2. The van der Waals surface area contributed by atoms with Gasteiger partial charge in [0.05, 0.1) is 4.90 Å². The number of hydrogen-bond donors (Lipinski definition) is 1. The number of nitrogens with zero attached hydrogens (tertiary/aromatic N) is 2. The van der Waals surface area contributed by atoms with Crippen LogP contribution in [0.2, 0.25) is 0 Å². The van der Waals surface area contributed by atoms with Gasteiger partial charge >= 0.3 is 0 Å². The summed E-state index contributed by atoms with van der Waals surface area (Å²) in [6.45, 7) is 0.814. The number of hydrogen-bond acceptors (Lipinski definition) is 3. The van der Waals surface area contributed by atoms with Gasteiger partial charge in [0, 0.05) is 35.7 Å². The van der Waals surface area contributed by atoms with Gasteiger partial charge in [-0.05, 0) is 48.9 Å². The molecular formula is C18H18BrN3O3S. The molecule has 0 atom stereocenters. The third-order valence-corrected chi connectivity index (χ3v) is 5.87. The van der Waals surface area contributed by atoms with Gasteiger partial charge in [-0.1, -0.05) is 22.0 Å². The van der Waals surface area contributed by atoms with Crippen LogP contribution in [0.3, 0.4) is 0 Å². The van der Waals surface area contributed by atoms with Gasteiger partial charge in [-0.3, -0.25) is 4.79 Å². The highest BCUT2D eigenvalue weighted by Gasteiger charge is 2.20. The van der Waals surface area contributed by atoms with Crippen molar-refractivity contribution in [2.24, 2.45) is 4.40 Å². The average molecular weight is 436 g/mol. The minimum atomic E-state index is -3.75. The summed E-state index contributed by atoms with van der Waals surface area (Å²) in [5.74, 6) is 0.312. The molecule has 2 aromatic carbocycles. The number of carbonyl (C=O) groups excluding carboxylic acids is 1. The molecule has 6 nitrogen and oxygen atoms in total. The van der Waals surface area contributed by atoms with E-state index in [2.05, 4.69) is 25.6 Å². The number of benzene rings is 2. The molecule has 26 heavy (non-hydrogen) atoms. The molecule has 0 aliphatic carbocycles. The van der Waals surface area contributed by atoms with E-state index in [9.17, 15) is 13.2 Å². The molecule has 0 spiro atoms. The van der Waals surface area contributed by atoms with E-state index in [1.807, 2.05) is 18.0 Å². The molecule has 0 aromatic heterocycles. The molecule has 1 aliphatic heterocycles. The Kier molecular flexibility index (Phi) is 5.43. The summed E-state index contributed by atoms with van der Waals surface area (Å²) in [7, 11) is -1.92. The SMILES string of the molecule is CN1CCC/C1=N\S(=O)(=O)c1ccc(NC(=O)c2cccc(Br)c2)cc1. The van der Waals surface area contributed by atoms with E-state index in [0.29, 0.717) is 23.5 Å². The number of halogens is 1. The number of likely N-dealkylation sites (tertiary alicyclic amines) is 1. The van der Waals surface area contributed by atoms with E-state index < -0.39 is 10.0 Å². The number of anilines is 1. The highest BCUT2D eigenvalue weighted by Crippen LogP contribution is 2.20. The zero-order valence-corrected chi connectivity index (χ0v) is 16.5. The minimum Gasteiger partial charge on any atom is -0.362 e. The molecule has 0 bridgehead atoms. The Labute approximate surface area is 161 Å². The van der Waals surface area contributed by atoms with Crippen LogP contribution >= 0.6 is 15.9 Å². The first kappa shape index (κ1) is 18.6. The number of carbonyl (C=O) groups is 1. The Balaban J connectivity index is 1.75. The average Bonchev–Trinajstić information content (AvgIpc) is 2.99. The van der Waals surface area contributed by atoms with Crippen LogP contribution in [0.25, 0.3) is 0 Å². The number of sulfonamides is 1. The van der Waals surface area contributed by atoms with E-state index in [1.165, 1.54) is 12.1 Å². The maximum absolute atomic E-state index is 12.4. The summed E-state index contributed by atoms with van der Waals surface area (Å²) in [5, 5.41) is 2.75. The first-order chi connectivity index (χ1) is 12.3. The second-order valence-electron chi connectivity index (χ2n) is 6.00. The molecule has 1 amide bonds. The van der Waals surface area contributed by atoms with Gasteiger partial charge in [-0.25, -0.2) is 0 Å². The first-order valence-electron chi connectivity index (χ1n) is 8.07. The fourth-order valence-electron chi connectivity index (χ4n) is 2.64. The maximum atomic E-state index is 12.4. The van der Waals surface area contributed by atoms with Crippen LogP contribution in [-0.2, 0) is 10.0 Å². The lowest BCUT2D eigenvalue weighted by Gasteiger charge is -2.11. The lowest BCUT2D eigenvalue weighted by molar-refractivity contribution is 0.102. The standard InChI is InChI=1S/C18H18BrN3O3S/c1-22-11-3-6-17(22)21-26(24,25)16-9-7-15(8-10-16)20-18(23)13-4-2-5-14(19)12-13/h2,4-5,7-10,12H,3,6,11H2,1H3,(H,20,23)/b21-17+. The molecule has 136 valence electrons. The minimum absolute atomic E-state index is 0.103. The number of amides is 1. The molecule has 1 N–H and O–H groups in total. The van der Waals surface area contributed by atoms with E-state index in [1.54, 1.807) is 30.3 Å². The van der Waals surface area contributed by atoms with E-state index in [0.717, 1.165) is 17.4 Å². The smallest absolute Gasteiger partial charge is 0.283 e. The summed E-state index contributed by atoms with van der Waals surface area (Å²) in [5.41, 5.74) is 1.02. The monoisotopic (exact) mass is 435 g/mol. The largest absolute Gasteiger partial charge is 0.362 e. The van der Waals surface area contributed by atoms with Crippen LogP contribution in [0.15, 0.2) is 62.3 Å². The van der Waals surface area contributed by atoms with Crippen molar-refractivity contribution in [3.63, 3.8) is 0 Å². The van der Waals surface area contributed by atoms with Crippen LogP contribution in [0.1, 0.15) is 23.2 Å². The second kappa shape index (κ2) is 7.59. The molecule has 1 fully saturated rings. The van der Waals surface area contributed by atoms with E-state index in [-0.39, 0.29) is 10.8 Å². The van der Waals surface area contributed by atoms with Crippen molar-refractivity contribution in [1.82, 2.24) is 4.90 Å². The van der Waals surface area contributed by atoms with Gasteiger partial charge in [0.2, 0.25) is 0 Å². The fourth-order valence-corrected chi connectivity index (χ4v) is 4.14. The molecule has 1 aliphatic rings. The highest BCUT2D eigenvalue weighted by molar-refractivity contribution is 9.10. The third kappa shape index (κ3) is 4.31. The van der Waals surface area contributed by atoms with Crippen LogP contribution in [-0.4, -0.2) is 38.7 Å². The van der Waals surface area contributed by atoms with Gasteiger partial charge in [0.25, 0.3) is 15.9 Å². The van der Waals surface area contributed by atoms with Gasteiger partial charge in [0.15, 0.2) is 0 Å². The Bertz CT molecular complexity index is 956. The lowest BCUT2D eigenvalue weighted by Crippen LogP contribution is -2.20. The summed E-state index contributed by atoms with van der Waals surface area (Å²) in [6.07, 6.45) is 1.57. The van der Waals surface area contributed by atoms with Crippen molar-refractivity contribution in [3.05, 3.63) is 58.6 Å². The first-order valence-corrected chi connectivity index (χ1v) is 10.3.